The highest BCUT2D eigenvalue weighted by Crippen LogP contribution is 2.02. The van der Waals surface area contributed by atoms with Gasteiger partial charge in [-0.2, -0.15) is 0 Å². The van der Waals surface area contributed by atoms with Crippen molar-refractivity contribution in [3.63, 3.8) is 0 Å². The van der Waals surface area contributed by atoms with Crippen molar-refractivity contribution in [2.75, 3.05) is 13.2 Å². The van der Waals surface area contributed by atoms with Gasteiger partial charge in [-0.3, -0.25) is 0 Å². The number of hydrogen-bond donors (Lipinski definition) is 1. The Kier molecular flexibility index (Phi) is 5.29. The van der Waals surface area contributed by atoms with E-state index in [4.69, 9.17) is 4.74 Å². The molecule has 0 saturated carbocycles. The fourth-order valence-electron chi connectivity index (χ4n) is 1.25. The third-order valence-electron chi connectivity index (χ3n) is 1.95. The van der Waals surface area contributed by atoms with Crippen molar-refractivity contribution in [3.8, 4) is 0 Å². The molecular formula is C12H18FNO. The van der Waals surface area contributed by atoms with E-state index in [0.29, 0.717) is 13.2 Å². The average molecular weight is 211 g/mol. The van der Waals surface area contributed by atoms with Gasteiger partial charge < -0.3 is 10.1 Å². The van der Waals surface area contributed by atoms with Crippen molar-refractivity contribution in [2.24, 2.45) is 0 Å². The molecule has 0 bridgehead atoms. The summed E-state index contributed by atoms with van der Waals surface area (Å²) in [7, 11) is 0. The summed E-state index contributed by atoms with van der Waals surface area (Å²) >= 11 is 0. The molecule has 2 nitrogen and oxygen atoms in total. The molecule has 1 aromatic rings. The maximum atomic E-state index is 12.8. The van der Waals surface area contributed by atoms with Gasteiger partial charge in [0, 0.05) is 13.1 Å². The van der Waals surface area contributed by atoms with Gasteiger partial charge in [0.15, 0.2) is 0 Å². The Morgan fingerprint density at radius 2 is 2.20 bits per heavy atom. The molecule has 0 aromatic heterocycles. The summed E-state index contributed by atoms with van der Waals surface area (Å²) in [4.78, 5) is 0. The van der Waals surface area contributed by atoms with Crippen LogP contribution in [-0.2, 0) is 11.3 Å². The summed E-state index contributed by atoms with van der Waals surface area (Å²) in [5.74, 6) is -0.187. The quantitative estimate of drug-likeness (QED) is 0.729. The van der Waals surface area contributed by atoms with Crippen LogP contribution in [0.4, 0.5) is 4.39 Å². The molecule has 0 saturated heterocycles. The van der Waals surface area contributed by atoms with E-state index in [1.807, 2.05) is 19.9 Å². The van der Waals surface area contributed by atoms with E-state index in [2.05, 4.69) is 5.32 Å². The van der Waals surface area contributed by atoms with Gasteiger partial charge >= 0.3 is 0 Å². The van der Waals surface area contributed by atoms with E-state index in [-0.39, 0.29) is 11.9 Å². The number of benzene rings is 1. The molecule has 3 heteroatoms. The normalized spacial score (nSPS) is 10.9. The number of ether oxygens (including phenoxy) is 1. The fraction of sp³-hybridized carbons (Fsp3) is 0.500. The topological polar surface area (TPSA) is 21.3 Å². The minimum absolute atomic E-state index is 0.187. The van der Waals surface area contributed by atoms with Gasteiger partial charge in [-0.15, -0.1) is 0 Å². The second kappa shape index (κ2) is 6.53. The highest BCUT2D eigenvalue weighted by molar-refractivity contribution is 5.15. The van der Waals surface area contributed by atoms with Gasteiger partial charge in [0.05, 0.1) is 12.7 Å². The predicted molar refractivity (Wildman–Crippen MR) is 59.2 cm³/mol. The summed E-state index contributed by atoms with van der Waals surface area (Å²) in [5, 5.41) is 3.19. The van der Waals surface area contributed by atoms with Crippen LogP contribution in [0.25, 0.3) is 0 Å². The van der Waals surface area contributed by atoms with Gasteiger partial charge in [0.25, 0.3) is 0 Å². The Morgan fingerprint density at radius 3 is 2.87 bits per heavy atom. The number of rotatable bonds is 6. The Hall–Kier alpha value is -0.930. The maximum Gasteiger partial charge on any atom is 0.123 e. The first-order valence-corrected chi connectivity index (χ1v) is 5.25. The monoisotopic (exact) mass is 211 g/mol. The van der Waals surface area contributed by atoms with E-state index in [1.54, 1.807) is 6.07 Å². The van der Waals surface area contributed by atoms with Gasteiger partial charge in [-0.25, -0.2) is 4.39 Å². The van der Waals surface area contributed by atoms with Crippen LogP contribution in [-0.4, -0.2) is 19.3 Å². The number of hydrogen-bond acceptors (Lipinski definition) is 2. The van der Waals surface area contributed by atoms with Gasteiger partial charge in [-0.1, -0.05) is 12.1 Å². The van der Waals surface area contributed by atoms with Crippen LogP contribution in [0.3, 0.4) is 0 Å². The highest BCUT2D eigenvalue weighted by Gasteiger charge is 1.95. The van der Waals surface area contributed by atoms with Crippen molar-refractivity contribution < 1.29 is 9.13 Å². The summed E-state index contributed by atoms with van der Waals surface area (Å²) < 4.78 is 18.2. The molecule has 84 valence electrons. The molecular weight excluding hydrogens is 193 g/mol. The standard InChI is InChI=1S/C12H18FNO/c1-10(2)15-7-6-14-9-11-4-3-5-12(13)8-11/h3-5,8,10,14H,6-7,9H2,1-2H3. The zero-order valence-electron chi connectivity index (χ0n) is 9.29. The molecule has 0 heterocycles. The summed E-state index contributed by atoms with van der Waals surface area (Å²) in [6.07, 6.45) is 0.265. The first kappa shape index (κ1) is 12.1. The predicted octanol–water partition coefficient (Wildman–Crippen LogP) is 2.34. The largest absolute Gasteiger partial charge is 0.377 e. The minimum atomic E-state index is -0.187. The molecule has 15 heavy (non-hydrogen) atoms. The third-order valence-corrected chi connectivity index (χ3v) is 1.95. The number of nitrogens with one attached hydrogen (secondary N) is 1. The number of halogens is 1. The molecule has 0 aliphatic rings. The zero-order valence-corrected chi connectivity index (χ0v) is 9.29. The Balaban J connectivity index is 2.15. The lowest BCUT2D eigenvalue weighted by Crippen LogP contribution is -2.20. The van der Waals surface area contributed by atoms with E-state index in [0.717, 1.165) is 12.1 Å². The van der Waals surface area contributed by atoms with E-state index < -0.39 is 0 Å². The minimum Gasteiger partial charge on any atom is -0.377 e. The molecule has 1 rings (SSSR count). The van der Waals surface area contributed by atoms with Crippen molar-refractivity contribution in [1.29, 1.82) is 0 Å². The van der Waals surface area contributed by atoms with Crippen molar-refractivity contribution in [1.82, 2.24) is 5.32 Å². The molecule has 0 spiro atoms. The van der Waals surface area contributed by atoms with E-state index >= 15 is 0 Å². The Morgan fingerprint density at radius 1 is 1.40 bits per heavy atom. The molecule has 1 N–H and O–H groups in total. The summed E-state index contributed by atoms with van der Waals surface area (Å²) in [6, 6.07) is 6.61. The average Bonchev–Trinajstić information content (AvgIpc) is 2.17. The van der Waals surface area contributed by atoms with Crippen molar-refractivity contribution in [2.45, 2.75) is 26.5 Å². The molecule has 0 amide bonds. The first-order valence-electron chi connectivity index (χ1n) is 5.25. The first-order chi connectivity index (χ1) is 7.18. The van der Waals surface area contributed by atoms with Crippen molar-refractivity contribution >= 4 is 0 Å². The van der Waals surface area contributed by atoms with Crippen LogP contribution in [0, 0.1) is 5.82 Å². The lowest BCUT2D eigenvalue weighted by atomic mass is 10.2. The van der Waals surface area contributed by atoms with Gasteiger partial charge in [-0.05, 0) is 31.5 Å². The molecule has 0 aliphatic heterocycles. The molecule has 0 radical (unpaired) electrons. The van der Waals surface area contributed by atoms with Gasteiger partial charge in [0.2, 0.25) is 0 Å². The second-order valence-corrected chi connectivity index (χ2v) is 3.73. The Bertz CT molecular complexity index is 289. The molecule has 0 fully saturated rings. The lowest BCUT2D eigenvalue weighted by Gasteiger charge is -2.08. The second-order valence-electron chi connectivity index (χ2n) is 3.73. The van der Waals surface area contributed by atoms with Crippen molar-refractivity contribution in [3.05, 3.63) is 35.6 Å². The van der Waals surface area contributed by atoms with E-state index in [1.165, 1.54) is 12.1 Å². The highest BCUT2D eigenvalue weighted by atomic mass is 19.1. The smallest absolute Gasteiger partial charge is 0.123 e. The zero-order chi connectivity index (χ0) is 11.1. The summed E-state index contributed by atoms with van der Waals surface area (Å²) in [6.45, 7) is 6.17. The van der Waals surface area contributed by atoms with Crippen LogP contribution in [0.15, 0.2) is 24.3 Å². The SMILES string of the molecule is CC(C)OCCNCc1cccc(F)c1. The molecule has 0 aliphatic carbocycles. The lowest BCUT2D eigenvalue weighted by molar-refractivity contribution is 0.0807. The van der Waals surface area contributed by atoms with Crippen LogP contribution < -0.4 is 5.32 Å². The van der Waals surface area contributed by atoms with Crippen LogP contribution in [0.2, 0.25) is 0 Å². The molecule has 0 atom stereocenters. The van der Waals surface area contributed by atoms with Crippen LogP contribution in [0.1, 0.15) is 19.4 Å². The van der Waals surface area contributed by atoms with Crippen LogP contribution in [0.5, 0.6) is 0 Å². The maximum absolute atomic E-state index is 12.8. The van der Waals surface area contributed by atoms with Gasteiger partial charge in [0.1, 0.15) is 5.82 Å². The molecule has 0 unspecified atom stereocenters. The third kappa shape index (κ3) is 5.50. The van der Waals surface area contributed by atoms with Crippen LogP contribution >= 0.6 is 0 Å². The fourth-order valence-corrected chi connectivity index (χ4v) is 1.25. The Labute approximate surface area is 90.4 Å². The summed E-state index contributed by atoms with van der Waals surface area (Å²) in [5.41, 5.74) is 0.958. The molecule has 1 aromatic carbocycles. The van der Waals surface area contributed by atoms with E-state index in [9.17, 15) is 4.39 Å².